The summed E-state index contributed by atoms with van der Waals surface area (Å²) in [5.74, 6) is 1.73. The monoisotopic (exact) mass is 396 g/mol. The van der Waals surface area contributed by atoms with E-state index < -0.39 is 0 Å². The van der Waals surface area contributed by atoms with Gasteiger partial charge in [-0.1, -0.05) is 77.2 Å². The molecule has 0 saturated carbocycles. The molecule has 0 saturated heterocycles. The molecule has 4 aromatic rings. The number of benzene rings is 2. The first-order valence-electron chi connectivity index (χ1n) is 8.88. The Hall–Kier alpha value is -2.22. The number of hydrogen-bond acceptors (Lipinski definition) is 5. The third-order valence-corrected chi connectivity index (χ3v) is 6.62. The molecule has 0 aliphatic rings. The van der Waals surface area contributed by atoms with E-state index in [4.69, 9.17) is 5.10 Å². The van der Waals surface area contributed by atoms with Crippen molar-refractivity contribution in [1.29, 1.82) is 0 Å². The predicted molar refractivity (Wildman–Crippen MR) is 110 cm³/mol. The summed E-state index contributed by atoms with van der Waals surface area (Å²) in [5.41, 5.74) is 9.49. The lowest BCUT2D eigenvalue weighted by atomic mass is 10.1. The van der Waals surface area contributed by atoms with Crippen LogP contribution in [0.3, 0.4) is 0 Å². The van der Waals surface area contributed by atoms with Gasteiger partial charge in [-0.25, -0.2) is 0 Å². The highest BCUT2D eigenvalue weighted by Crippen LogP contribution is 2.29. The maximum Gasteiger partial charge on any atom is 0.235 e. The molecule has 2 aromatic carbocycles. The van der Waals surface area contributed by atoms with Crippen LogP contribution < -0.4 is 5.73 Å². The van der Waals surface area contributed by atoms with E-state index in [1.165, 1.54) is 22.3 Å². The number of quaternary nitrogens is 1. The number of thioether (sulfide) groups is 1. The molecule has 1 atom stereocenters. The second-order valence-electron chi connectivity index (χ2n) is 6.73. The summed E-state index contributed by atoms with van der Waals surface area (Å²) in [4.78, 5) is 0.829. The lowest BCUT2D eigenvalue weighted by Gasteiger charge is -2.06. The Bertz CT molecular complexity index is 1050. The van der Waals surface area contributed by atoms with Crippen molar-refractivity contribution in [2.24, 2.45) is 0 Å². The van der Waals surface area contributed by atoms with Gasteiger partial charge in [-0.05, 0) is 30.5 Å². The zero-order valence-electron chi connectivity index (χ0n) is 15.4. The molecule has 7 heteroatoms. The van der Waals surface area contributed by atoms with Crippen LogP contribution in [-0.4, -0.2) is 19.8 Å². The van der Waals surface area contributed by atoms with Gasteiger partial charge >= 0.3 is 0 Å². The van der Waals surface area contributed by atoms with Gasteiger partial charge in [0.2, 0.25) is 10.8 Å². The fourth-order valence-corrected chi connectivity index (χ4v) is 4.96. The van der Waals surface area contributed by atoms with Crippen LogP contribution >= 0.6 is 23.1 Å². The van der Waals surface area contributed by atoms with Crippen molar-refractivity contribution in [1.82, 2.24) is 19.8 Å². The van der Waals surface area contributed by atoms with Gasteiger partial charge in [0.15, 0.2) is 10.4 Å². The Morgan fingerprint density at radius 3 is 2.74 bits per heavy atom. The second kappa shape index (κ2) is 7.80. The van der Waals surface area contributed by atoms with Gasteiger partial charge in [0.1, 0.15) is 0 Å². The van der Waals surface area contributed by atoms with Crippen LogP contribution in [0, 0.1) is 13.8 Å². The Kier molecular flexibility index (Phi) is 5.24. The van der Waals surface area contributed by atoms with E-state index in [1.807, 2.05) is 22.7 Å². The topological polar surface area (TPSA) is 70.7 Å². The van der Waals surface area contributed by atoms with E-state index in [2.05, 4.69) is 60.1 Å². The molecule has 2 aromatic heterocycles. The van der Waals surface area contributed by atoms with Gasteiger partial charge in [0.05, 0.1) is 0 Å². The summed E-state index contributed by atoms with van der Waals surface area (Å²) in [6.07, 6.45) is 0.824. The van der Waals surface area contributed by atoms with Gasteiger partial charge in [-0.3, -0.25) is 0 Å². The molecule has 27 heavy (non-hydrogen) atoms. The molecule has 3 N–H and O–H groups in total. The number of aromatic nitrogens is 4. The van der Waals surface area contributed by atoms with E-state index >= 15 is 0 Å². The quantitative estimate of drug-likeness (QED) is 0.505. The first-order valence-corrected chi connectivity index (χ1v) is 10.7. The van der Waals surface area contributed by atoms with Crippen LogP contribution in [-0.2, 0) is 12.2 Å². The Labute approximate surface area is 166 Å². The van der Waals surface area contributed by atoms with Crippen LogP contribution in [0.1, 0.15) is 34.1 Å². The number of aryl methyl sites for hydroxylation is 2. The minimum Gasteiger partial charge on any atom is -0.348 e. The number of hydrogen-bond donors (Lipinski definition) is 1. The molecule has 0 fully saturated rings. The van der Waals surface area contributed by atoms with Gasteiger partial charge in [-0.2, -0.15) is 4.52 Å². The van der Waals surface area contributed by atoms with Crippen molar-refractivity contribution < 1.29 is 5.73 Å². The van der Waals surface area contributed by atoms with Crippen molar-refractivity contribution in [3.8, 4) is 0 Å². The molecule has 0 aliphatic heterocycles. The zero-order valence-corrected chi connectivity index (χ0v) is 17.1. The average Bonchev–Trinajstić information content (AvgIpc) is 3.23. The minimum absolute atomic E-state index is 0.0152. The van der Waals surface area contributed by atoms with Gasteiger partial charge in [-0.15, -0.1) is 15.3 Å². The van der Waals surface area contributed by atoms with E-state index in [9.17, 15) is 0 Å². The van der Waals surface area contributed by atoms with Crippen molar-refractivity contribution in [2.75, 3.05) is 0 Å². The van der Waals surface area contributed by atoms with Gasteiger partial charge < -0.3 is 5.73 Å². The summed E-state index contributed by atoms with van der Waals surface area (Å²) < 4.78 is 2.87. The summed E-state index contributed by atoms with van der Waals surface area (Å²) in [6, 6.07) is 16.9. The standard InChI is InChI=1S/C20H21N5S2/c1-13-8-9-14(2)16(10-13)12-26-20-24-25-18(22-23-19(25)27-20)17(21)11-15-6-4-3-5-7-15/h3-10,17H,11-12,21H2,1-2H3/p+1/t17-/m0/s1. The third-order valence-electron chi connectivity index (χ3n) is 4.54. The molecule has 2 heterocycles. The summed E-state index contributed by atoms with van der Waals surface area (Å²) in [7, 11) is 0. The molecular weight excluding hydrogens is 374 g/mol. The van der Waals surface area contributed by atoms with Crippen LogP contribution in [0.5, 0.6) is 0 Å². The molecule has 138 valence electrons. The molecule has 0 aliphatic carbocycles. The number of nitrogens with zero attached hydrogens (tertiary/aromatic N) is 4. The molecule has 0 amide bonds. The first kappa shape index (κ1) is 18.2. The molecule has 0 radical (unpaired) electrons. The third kappa shape index (κ3) is 4.05. The summed E-state index contributed by atoms with van der Waals surface area (Å²) >= 11 is 3.33. The van der Waals surface area contributed by atoms with Crippen molar-refractivity contribution >= 4 is 28.1 Å². The van der Waals surface area contributed by atoms with Crippen molar-refractivity contribution in [2.45, 2.75) is 36.4 Å². The summed E-state index contributed by atoms with van der Waals surface area (Å²) in [6.45, 7) is 4.28. The highest BCUT2D eigenvalue weighted by atomic mass is 32.2. The maximum absolute atomic E-state index is 4.74. The van der Waals surface area contributed by atoms with Crippen LogP contribution in [0.15, 0.2) is 52.9 Å². The molecule has 0 spiro atoms. The zero-order chi connectivity index (χ0) is 18.8. The van der Waals surface area contributed by atoms with Crippen LogP contribution in [0.2, 0.25) is 0 Å². The number of rotatable bonds is 6. The fourth-order valence-electron chi connectivity index (χ4n) is 3.01. The molecule has 0 bridgehead atoms. The summed E-state index contributed by atoms with van der Waals surface area (Å²) in [5, 5.41) is 13.4. The lowest BCUT2D eigenvalue weighted by molar-refractivity contribution is -0.428. The van der Waals surface area contributed by atoms with Gasteiger partial charge in [0.25, 0.3) is 0 Å². The molecule has 0 unspecified atom stereocenters. The van der Waals surface area contributed by atoms with Crippen molar-refractivity contribution in [3.05, 3.63) is 76.6 Å². The predicted octanol–water partition coefficient (Wildman–Crippen LogP) is 3.62. The minimum atomic E-state index is 0.0152. The van der Waals surface area contributed by atoms with E-state index in [-0.39, 0.29) is 6.04 Å². The Morgan fingerprint density at radius 2 is 1.93 bits per heavy atom. The molecule has 5 nitrogen and oxygen atoms in total. The Balaban J connectivity index is 1.51. The number of fused-ring (bicyclic) bond motifs is 1. The van der Waals surface area contributed by atoms with Crippen molar-refractivity contribution in [3.63, 3.8) is 0 Å². The fraction of sp³-hybridized carbons (Fsp3) is 0.250. The normalized spacial score (nSPS) is 12.6. The van der Waals surface area contributed by atoms with Crippen LogP contribution in [0.4, 0.5) is 0 Å². The average molecular weight is 397 g/mol. The van der Waals surface area contributed by atoms with E-state index in [0.717, 1.165) is 27.3 Å². The molecule has 4 rings (SSSR count). The van der Waals surface area contributed by atoms with Crippen LogP contribution in [0.25, 0.3) is 4.96 Å². The highest BCUT2D eigenvalue weighted by molar-refractivity contribution is 8.00. The van der Waals surface area contributed by atoms with E-state index in [1.54, 1.807) is 23.1 Å². The first-order chi connectivity index (χ1) is 13.1. The highest BCUT2D eigenvalue weighted by Gasteiger charge is 2.21. The molecular formula is C20H22N5S2+. The SMILES string of the molecule is Cc1ccc(C)c(CSc2nn3c([C@@H]([NH3+])Cc4ccccc4)nnc3s2)c1. The maximum atomic E-state index is 4.74. The smallest absolute Gasteiger partial charge is 0.235 e. The largest absolute Gasteiger partial charge is 0.348 e. The Morgan fingerprint density at radius 1 is 1.11 bits per heavy atom. The van der Waals surface area contributed by atoms with Gasteiger partial charge in [0, 0.05) is 12.2 Å². The lowest BCUT2D eigenvalue weighted by Crippen LogP contribution is -2.55. The van der Waals surface area contributed by atoms with E-state index in [0.29, 0.717) is 0 Å². The second-order valence-corrected chi connectivity index (χ2v) is 8.90.